The minimum absolute atomic E-state index is 0.683. The zero-order valence-electron chi connectivity index (χ0n) is 9.36. The van der Waals surface area contributed by atoms with Crippen LogP contribution >= 0.6 is 0 Å². The molecule has 0 saturated heterocycles. The van der Waals surface area contributed by atoms with Crippen molar-refractivity contribution in [3.8, 4) is 0 Å². The minimum Gasteiger partial charge on any atom is -0.362 e. The first-order valence-corrected chi connectivity index (χ1v) is 5.41. The lowest BCUT2D eigenvalue weighted by atomic mass is 10.0. The highest BCUT2D eigenvalue weighted by Crippen LogP contribution is 2.54. The topological polar surface area (TPSA) is 29.0 Å². The highest BCUT2D eigenvalue weighted by Gasteiger charge is 2.42. The van der Waals surface area contributed by atoms with Gasteiger partial charge in [-0.25, -0.2) is 9.97 Å². The van der Waals surface area contributed by atoms with Gasteiger partial charge in [-0.1, -0.05) is 6.08 Å². The number of nitrogens with zero attached hydrogens (tertiary/aromatic N) is 3. The first-order chi connectivity index (χ1) is 7.16. The zero-order valence-corrected chi connectivity index (χ0v) is 9.36. The lowest BCUT2D eigenvalue weighted by Crippen LogP contribution is -2.16. The van der Waals surface area contributed by atoms with Crippen LogP contribution in [-0.2, 0) is 0 Å². The van der Waals surface area contributed by atoms with E-state index in [1.807, 2.05) is 6.92 Å². The van der Waals surface area contributed by atoms with Crippen LogP contribution in [0.15, 0.2) is 6.08 Å². The quantitative estimate of drug-likeness (QED) is 0.695. The summed E-state index contributed by atoms with van der Waals surface area (Å²) in [6.45, 7) is 1.96. The Balaban J connectivity index is 2.22. The van der Waals surface area contributed by atoms with Gasteiger partial charge in [0.25, 0.3) is 0 Å². The van der Waals surface area contributed by atoms with Crippen LogP contribution < -0.4 is 4.90 Å². The molecule has 1 saturated carbocycles. The van der Waals surface area contributed by atoms with E-state index in [4.69, 9.17) is 0 Å². The molecule has 3 nitrogen and oxygen atoms in total. The summed E-state index contributed by atoms with van der Waals surface area (Å²) < 4.78 is 0. The summed E-state index contributed by atoms with van der Waals surface area (Å²) in [5, 5.41) is 0. The zero-order chi connectivity index (χ0) is 10.6. The van der Waals surface area contributed by atoms with Crippen LogP contribution in [0, 0.1) is 12.8 Å². The molecule has 3 heteroatoms. The second-order valence-electron chi connectivity index (χ2n) is 4.65. The van der Waals surface area contributed by atoms with Gasteiger partial charge >= 0.3 is 0 Å². The van der Waals surface area contributed by atoms with Gasteiger partial charge in [-0.15, -0.1) is 0 Å². The van der Waals surface area contributed by atoms with Gasteiger partial charge < -0.3 is 4.90 Å². The highest BCUT2D eigenvalue weighted by atomic mass is 15.2. The van der Waals surface area contributed by atoms with Crippen LogP contribution in [-0.4, -0.2) is 24.1 Å². The molecule has 2 unspecified atom stereocenters. The number of allylic oxidation sites excluding steroid dienone is 1. The van der Waals surface area contributed by atoms with Crippen molar-refractivity contribution in [3.63, 3.8) is 0 Å². The van der Waals surface area contributed by atoms with E-state index in [1.54, 1.807) is 0 Å². The molecule has 0 bridgehead atoms. The fourth-order valence-corrected chi connectivity index (χ4v) is 2.39. The molecule has 1 aromatic rings. The highest BCUT2D eigenvalue weighted by molar-refractivity contribution is 5.65. The lowest BCUT2D eigenvalue weighted by Gasteiger charge is -2.19. The predicted octanol–water partition coefficient (Wildman–Crippen LogP) is 1.98. The Kier molecular flexibility index (Phi) is 1.67. The molecule has 1 fully saturated rings. The Morgan fingerprint density at radius 3 is 2.87 bits per heavy atom. The Morgan fingerprint density at radius 2 is 2.13 bits per heavy atom. The summed E-state index contributed by atoms with van der Waals surface area (Å²) in [6.07, 6.45) is 5.72. The van der Waals surface area contributed by atoms with Gasteiger partial charge in [-0.2, -0.15) is 0 Å². The SMILES string of the molecule is Cc1nc2c(c(N(C)C)n1)C1CC1C=C2. The number of hydrogen-bond acceptors (Lipinski definition) is 3. The molecule has 0 radical (unpaired) electrons. The van der Waals surface area contributed by atoms with Gasteiger partial charge in [0.15, 0.2) is 0 Å². The van der Waals surface area contributed by atoms with Crippen LogP contribution in [0.25, 0.3) is 6.08 Å². The van der Waals surface area contributed by atoms with Gasteiger partial charge in [0.2, 0.25) is 0 Å². The molecule has 0 aliphatic heterocycles. The van der Waals surface area contributed by atoms with Gasteiger partial charge in [-0.3, -0.25) is 0 Å². The van der Waals surface area contributed by atoms with Crippen molar-refractivity contribution in [2.45, 2.75) is 19.3 Å². The molecule has 1 aromatic heterocycles. The standard InChI is InChI=1S/C12H15N3/c1-7-13-10-5-4-8-6-9(8)11(10)12(14-7)15(2)3/h4-5,8-9H,6H2,1-3H3. The molecule has 2 aliphatic rings. The fraction of sp³-hybridized carbons (Fsp3) is 0.500. The van der Waals surface area contributed by atoms with Gasteiger partial charge in [0, 0.05) is 19.7 Å². The molecule has 1 heterocycles. The third kappa shape index (κ3) is 1.26. The van der Waals surface area contributed by atoms with Crippen LogP contribution in [0.4, 0.5) is 5.82 Å². The molecule has 0 aromatic carbocycles. The second-order valence-corrected chi connectivity index (χ2v) is 4.65. The molecular weight excluding hydrogens is 186 g/mol. The summed E-state index contributed by atoms with van der Waals surface area (Å²) in [5.74, 6) is 3.40. The third-order valence-electron chi connectivity index (χ3n) is 3.20. The molecule has 3 rings (SSSR count). The number of hydrogen-bond donors (Lipinski definition) is 0. The summed E-state index contributed by atoms with van der Waals surface area (Å²) in [6, 6.07) is 0. The van der Waals surface area contributed by atoms with Crippen LogP contribution in [0.1, 0.15) is 29.4 Å². The van der Waals surface area contributed by atoms with Gasteiger partial charge in [0.05, 0.1) is 5.69 Å². The number of fused-ring (bicyclic) bond motifs is 3. The number of aryl methyl sites for hydroxylation is 1. The van der Waals surface area contributed by atoms with Crippen LogP contribution in [0.2, 0.25) is 0 Å². The Labute approximate surface area is 89.8 Å². The maximum absolute atomic E-state index is 4.54. The number of rotatable bonds is 1. The van der Waals surface area contributed by atoms with E-state index in [0.29, 0.717) is 5.92 Å². The average Bonchev–Trinajstić information content (AvgIpc) is 2.94. The molecule has 0 spiro atoms. The third-order valence-corrected chi connectivity index (χ3v) is 3.20. The van der Waals surface area contributed by atoms with E-state index in [-0.39, 0.29) is 0 Å². The Morgan fingerprint density at radius 1 is 1.33 bits per heavy atom. The van der Waals surface area contributed by atoms with Crippen molar-refractivity contribution in [2.75, 3.05) is 19.0 Å². The van der Waals surface area contributed by atoms with Crippen molar-refractivity contribution in [2.24, 2.45) is 5.92 Å². The summed E-state index contributed by atoms with van der Waals surface area (Å²) in [5.41, 5.74) is 2.49. The van der Waals surface area contributed by atoms with E-state index < -0.39 is 0 Å². The monoisotopic (exact) mass is 201 g/mol. The van der Waals surface area contributed by atoms with Crippen LogP contribution in [0.3, 0.4) is 0 Å². The second kappa shape index (κ2) is 2.81. The molecule has 0 amide bonds. The van der Waals surface area contributed by atoms with Crippen molar-refractivity contribution in [1.82, 2.24) is 9.97 Å². The Hall–Kier alpha value is -1.38. The van der Waals surface area contributed by atoms with Crippen LogP contribution in [0.5, 0.6) is 0 Å². The first kappa shape index (κ1) is 8.89. The maximum Gasteiger partial charge on any atom is 0.135 e. The molecule has 15 heavy (non-hydrogen) atoms. The van der Waals surface area contributed by atoms with Crippen molar-refractivity contribution < 1.29 is 0 Å². The van der Waals surface area contributed by atoms with E-state index >= 15 is 0 Å². The number of anilines is 1. The largest absolute Gasteiger partial charge is 0.362 e. The smallest absolute Gasteiger partial charge is 0.135 e. The first-order valence-electron chi connectivity index (χ1n) is 5.41. The lowest BCUT2D eigenvalue weighted by molar-refractivity contribution is 0.895. The van der Waals surface area contributed by atoms with E-state index in [9.17, 15) is 0 Å². The average molecular weight is 201 g/mol. The number of aromatic nitrogens is 2. The van der Waals surface area contributed by atoms with Crippen molar-refractivity contribution in [3.05, 3.63) is 23.2 Å². The summed E-state index contributed by atoms with van der Waals surface area (Å²) >= 11 is 0. The Bertz CT molecular complexity index is 448. The normalized spacial score (nSPS) is 25.8. The van der Waals surface area contributed by atoms with E-state index in [1.165, 1.54) is 12.0 Å². The van der Waals surface area contributed by atoms with Gasteiger partial charge in [0.1, 0.15) is 11.6 Å². The van der Waals surface area contributed by atoms with Crippen molar-refractivity contribution >= 4 is 11.9 Å². The van der Waals surface area contributed by atoms with Gasteiger partial charge in [-0.05, 0) is 31.3 Å². The van der Waals surface area contributed by atoms with Crippen molar-refractivity contribution in [1.29, 1.82) is 0 Å². The maximum atomic E-state index is 4.54. The molecule has 78 valence electrons. The minimum atomic E-state index is 0.683. The van der Waals surface area contributed by atoms with E-state index in [2.05, 4.69) is 41.1 Å². The van der Waals surface area contributed by atoms with E-state index in [0.717, 1.165) is 23.3 Å². The molecule has 2 aliphatic carbocycles. The molecular formula is C12H15N3. The molecule has 2 atom stereocenters. The fourth-order valence-electron chi connectivity index (χ4n) is 2.39. The predicted molar refractivity (Wildman–Crippen MR) is 61.0 cm³/mol. The summed E-state index contributed by atoms with van der Waals surface area (Å²) in [7, 11) is 4.11. The molecule has 0 N–H and O–H groups in total. The summed E-state index contributed by atoms with van der Waals surface area (Å²) in [4.78, 5) is 11.2.